The number of carbonyl (C=O) groups excluding carboxylic acids is 1. The molecule has 1 aromatic rings. The van der Waals surface area contributed by atoms with Gasteiger partial charge >= 0.3 is 0 Å². The van der Waals surface area contributed by atoms with E-state index in [0.29, 0.717) is 5.69 Å². The molecule has 0 spiro atoms. The van der Waals surface area contributed by atoms with Crippen molar-refractivity contribution in [3.05, 3.63) is 24.3 Å². The molecule has 1 aromatic carbocycles. The van der Waals surface area contributed by atoms with Gasteiger partial charge in [-0.1, -0.05) is 6.07 Å². The van der Waals surface area contributed by atoms with Crippen LogP contribution in [0.15, 0.2) is 24.3 Å². The molecule has 0 aliphatic carbocycles. The van der Waals surface area contributed by atoms with Crippen molar-refractivity contribution in [1.82, 2.24) is 4.90 Å². The van der Waals surface area contributed by atoms with Gasteiger partial charge < -0.3 is 10.2 Å². The van der Waals surface area contributed by atoms with E-state index in [1.54, 1.807) is 46.3 Å². The molecule has 0 heterocycles. The predicted octanol–water partition coefficient (Wildman–Crippen LogP) is 0.973. The van der Waals surface area contributed by atoms with Crippen LogP contribution in [0.5, 0.6) is 0 Å². The highest BCUT2D eigenvalue weighted by atomic mass is 32.2. The lowest BCUT2D eigenvalue weighted by molar-refractivity contribution is -0.127. The Hall–Kier alpha value is -1.76. The number of benzene rings is 1. The van der Waals surface area contributed by atoms with Crippen molar-refractivity contribution in [1.29, 1.82) is 0 Å². The number of carbonyl (C=O) groups is 1. The molecule has 1 amide bonds. The van der Waals surface area contributed by atoms with Gasteiger partial charge in [-0.05, 0) is 25.1 Å². The Morgan fingerprint density at radius 1 is 1.30 bits per heavy atom. The summed E-state index contributed by atoms with van der Waals surface area (Å²) >= 11 is 0. The second-order valence-corrected chi connectivity index (χ2v) is 6.68. The molecule has 0 saturated carbocycles. The molecule has 1 rings (SSSR count). The van der Waals surface area contributed by atoms with Crippen molar-refractivity contribution in [2.45, 2.75) is 6.92 Å². The molecule has 0 fully saturated rings. The van der Waals surface area contributed by atoms with Crippen molar-refractivity contribution in [2.75, 3.05) is 43.1 Å². The van der Waals surface area contributed by atoms with Crippen LogP contribution in [0.25, 0.3) is 0 Å². The Bertz CT molecular complexity index is 570. The van der Waals surface area contributed by atoms with E-state index < -0.39 is 10.0 Å². The Morgan fingerprint density at radius 2 is 1.95 bits per heavy atom. The van der Waals surface area contributed by atoms with Crippen molar-refractivity contribution in [3.63, 3.8) is 0 Å². The van der Waals surface area contributed by atoms with Gasteiger partial charge in [-0.3, -0.25) is 9.10 Å². The largest absolute Gasteiger partial charge is 0.388 e. The first-order valence-corrected chi connectivity index (χ1v) is 7.91. The van der Waals surface area contributed by atoms with Crippen LogP contribution in [0.4, 0.5) is 11.4 Å². The number of amides is 1. The summed E-state index contributed by atoms with van der Waals surface area (Å²) in [6.07, 6.45) is 0. The second-order valence-electron chi connectivity index (χ2n) is 4.50. The lowest BCUT2D eigenvalue weighted by Gasteiger charge is -2.25. The zero-order valence-corrected chi connectivity index (χ0v) is 13.1. The van der Waals surface area contributed by atoms with Crippen LogP contribution in [-0.4, -0.2) is 52.7 Å². The van der Waals surface area contributed by atoms with Gasteiger partial charge in [0, 0.05) is 26.8 Å². The average Bonchev–Trinajstić information content (AvgIpc) is 2.44. The standard InChI is InChI=1S/C13H21N3O3S/c1-5-20(18,19)16(10-13(17)15(3)4)12-8-6-7-11(9-12)14-2/h6-9,14H,5,10H2,1-4H3. The van der Waals surface area contributed by atoms with Crippen LogP contribution in [0.1, 0.15) is 6.92 Å². The summed E-state index contributed by atoms with van der Waals surface area (Å²) in [5.41, 5.74) is 1.27. The molecule has 7 heteroatoms. The zero-order chi connectivity index (χ0) is 15.3. The van der Waals surface area contributed by atoms with Crippen molar-refractivity contribution >= 4 is 27.3 Å². The van der Waals surface area contributed by atoms with E-state index in [2.05, 4.69) is 5.32 Å². The Labute approximate surface area is 120 Å². The number of nitrogens with one attached hydrogen (secondary N) is 1. The van der Waals surface area contributed by atoms with E-state index in [9.17, 15) is 13.2 Å². The lowest BCUT2D eigenvalue weighted by Crippen LogP contribution is -2.41. The molecule has 0 radical (unpaired) electrons. The van der Waals surface area contributed by atoms with Gasteiger partial charge in [-0.15, -0.1) is 0 Å². The summed E-state index contributed by atoms with van der Waals surface area (Å²) in [5, 5.41) is 2.95. The highest BCUT2D eigenvalue weighted by Gasteiger charge is 2.24. The number of sulfonamides is 1. The van der Waals surface area contributed by atoms with E-state index in [1.807, 2.05) is 6.07 Å². The number of likely N-dealkylation sites (N-methyl/N-ethyl adjacent to an activating group) is 1. The van der Waals surface area contributed by atoms with Gasteiger partial charge in [0.1, 0.15) is 6.54 Å². The molecule has 0 aliphatic heterocycles. The third-order valence-electron chi connectivity index (χ3n) is 2.90. The van der Waals surface area contributed by atoms with Gasteiger partial charge in [0.05, 0.1) is 11.4 Å². The first kappa shape index (κ1) is 16.3. The highest BCUT2D eigenvalue weighted by Crippen LogP contribution is 2.22. The smallest absolute Gasteiger partial charge is 0.242 e. The summed E-state index contributed by atoms with van der Waals surface area (Å²) in [6, 6.07) is 6.96. The van der Waals surface area contributed by atoms with E-state index in [0.717, 1.165) is 9.99 Å². The van der Waals surface area contributed by atoms with Crippen LogP contribution < -0.4 is 9.62 Å². The Morgan fingerprint density at radius 3 is 2.45 bits per heavy atom. The minimum absolute atomic E-state index is 0.0580. The molecular formula is C13H21N3O3S. The quantitative estimate of drug-likeness (QED) is 0.850. The SMILES string of the molecule is CCS(=O)(=O)N(CC(=O)N(C)C)c1cccc(NC)c1. The number of hydrogen-bond acceptors (Lipinski definition) is 4. The molecule has 0 saturated heterocycles. The fourth-order valence-corrected chi connectivity index (χ4v) is 2.64. The van der Waals surface area contributed by atoms with Crippen LogP contribution >= 0.6 is 0 Å². The first-order chi connectivity index (χ1) is 9.31. The molecule has 6 nitrogen and oxygen atoms in total. The van der Waals surface area contributed by atoms with E-state index >= 15 is 0 Å². The maximum atomic E-state index is 12.2. The third kappa shape index (κ3) is 3.86. The van der Waals surface area contributed by atoms with E-state index in [4.69, 9.17) is 0 Å². The van der Waals surface area contributed by atoms with Gasteiger partial charge in [0.2, 0.25) is 15.9 Å². The topological polar surface area (TPSA) is 69.7 Å². The summed E-state index contributed by atoms with van der Waals surface area (Å²) in [5.74, 6) is -0.325. The van der Waals surface area contributed by atoms with Crippen LogP contribution in [0, 0.1) is 0 Å². The summed E-state index contributed by atoms with van der Waals surface area (Å²) in [6.45, 7) is 1.36. The van der Waals surface area contributed by atoms with Crippen LogP contribution in [0.3, 0.4) is 0 Å². The van der Waals surface area contributed by atoms with E-state index in [-0.39, 0.29) is 18.2 Å². The van der Waals surface area contributed by atoms with Gasteiger partial charge in [0.15, 0.2) is 0 Å². The fourth-order valence-electron chi connectivity index (χ4n) is 1.59. The molecule has 0 unspecified atom stereocenters. The normalized spacial score (nSPS) is 11.0. The molecule has 0 bridgehead atoms. The number of rotatable bonds is 6. The van der Waals surface area contributed by atoms with Gasteiger partial charge in [0.25, 0.3) is 0 Å². The molecular weight excluding hydrogens is 278 g/mol. The van der Waals surface area contributed by atoms with Gasteiger partial charge in [-0.25, -0.2) is 8.42 Å². The number of anilines is 2. The van der Waals surface area contributed by atoms with Crippen molar-refractivity contribution in [3.8, 4) is 0 Å². The summed E-state index contributed by atoms with van der Waals surface area (Å²) in [7, 11) is 1.44. The maximum absolute atomic E-state index is 12.2. The monoisotopic (exact) mass is 299 g/mol. The molecule has 20 heavy (non-hydrogen) atoms. The second kappa shape index (κ2) is 6.60. The number of hydrogen-bond donors (Lipinski definition) is 1. The summed E-state index contributed by atoms with van der Waals surface area (Å²) in [4.78, 5) is 13.2. The molecule has 0 aromatic heterocycles. The molecule has 0 atom stereocenters. The Kier molecular flexibility index (Phi) is 5.38. The maximum Gasteiger partial charge on any atom is 0.242 e. The van der Waals surface area contributed by atoms with Gasteiger partial charge in [-0.2, -0.15) is 0 Å². The zero-order valence-electron chi connectivity index (χ0n) is 12.3. The minimum Gasteiger partial charge on any atom is -0.388 e. The Balaban J connectivity index is 3.20. The molecule has 0 aliphatic rings. The van der Waals surface area contributed by atoms with Crippen LogP contribution in [0.2, 0.25) is 0 Å². The van der Waals surface area contributed by atoms with Crippen molar-refractivity contribution < 1.29 is 13.2 Å². The minimum atomic E-state index is -3.51. The molecule has 1 N–H and O–H groups in total. The predicted molar refractivity (Wildman–Crippen MR) is 81.5 cm³/mol. The molecule has 112 valence electrons. The third-order valence-corrected chi connectivity index (χ3v) is 4.64. The fraction of sp³-hybridized carbons (Fsp3) is 0.462. The number of nitrogens with zero attached hydrogens (tertiary/aromatic N) is 2. The first-order valence-electron chi connectivity index (χ1n) is 6.30. The average molecular weight is 299 g/mol. The summed E-state index contributed by atoms with van der Waals surface area (Å²) < 4.78 is 25.5. The highest BCUT2D eigenvalue weighted by molar-refractivity contribution is 7.92. The van der Waals surface area contributed by atoms with Crippen molar-refractivity contribution in [2.24, 2.45) is 0 Å². The van der Waals surface area contributed by atoms with E-state index in [1.165, 1.54) is 4.90 Å². The van der Waals surface area contributed by atoms with Crippen LogP contribution in [-0.2, 0) is 14.8 Å². The lowest BCUT2D eigenvalue weighted by atomic mass is 10.2.